The van der Waals surface area contributed by atoms with Crippen molar-refractivity contribution in [3.63, 3.8) is 0 Å². The van der Waals surface area contributed by atoms with Gasteiger partial charge in [0.1, 0.15) is 22.9 Å². The molecule has 0 unspecified atom stereocenters. The van der Waals surface area contributed by atoms with Gasteiger partial charge in [0.15, 0.2) is 0 Å². The van der Waals surface area contributed by atoms with Crippen molar-refractivity contribution in [1.29, 1.82) is 0 Å². The Hall–Kier alpha value is -5.65. The van der Waals surface area contributed by atoms with E-state index in [1.54, 1.807) is 38.1 Å². The number of nitrogens with two attached hydrogens (primary N) is 1. The standard InChI is InChI=1S/C19H18N2O4S.C16H14N2O3S.4CH3F/c1-3-17(22)21-26(23,24)16-11-9-14(10-12-16)18-13(2)25-20-19(18)15-7-5-4-6-8-15;1-11-15(12-7-9-14(10-8-12)22(17,19)20)16(18-21-11)13-5-3-2-4-6-13;4*1-2/h4-12H,3H2,1-2H3,(H,21,22);2-10H,1H3,(H2,17,19,20);4*1H3. The highest BCUT2D eigenvalue weighted by molar-refractivity contribution is 7.90. The molecular formula is C39H44F4N4O7S2. The van der Waals surface area contributed by atoms with Gasteiger partial charge < -0.3 is 9.05 Å². The highest BCUT2D eigenvalue weighted by Gasteiger charge is 2.20. The van der Waals surface area contributed by atoms with Crippen molar-refractivity contribution >= 4 is 26.0 Å². The number of primary sulfonamides is 1. The van der Waals surface area contributed by atoms with Crippen molar-refractivity contribution in [1.82, 2.24) is 15.0 Å². The van der Waals surface area contributed by atoms with Gasteiger partial charge in [0.05, 0.1) is 49.6 Å². The summed E-state index contributed by atoms with van der Waals surface area (Å²) in [5.74, 6) is 0.760. The summed E-state index contributed by atoms with van der Waals surface area (Å²) in [4.78, 5) is 11.5. The number of aromatic nitrogens is 2. The molecule has 56 heavy (non-hydrogen) atoms. The number of carbonyl (C=O) groups excluding carboxylic acids is 1. The molecule has 2 aromatic heterocycles. The third-order valence-electron chi connectivity index (χ3n) is 7.31. The molecule has 6 rings (SSSR count). The first-order valence-corrected chi connectivity index (χ1v) is 19.3. The molecule has 0 saturated heterocycles. The zero-order chi connectivity index (χ0) is 42.5. The summed E-state index contributed by atoms with van der Waals surface area (Å²) < 4.78 is 97.7. The van der Waals surface area contributed by atoms with Crippen LogP contribution in [0.2, 0.25) is 0 Å². The van der Waals surface area contributed by atoms with Crippen LogP contribution < -0.4 is 9.86 Å². The number of halogens is 4. The van der Waals surface area contributed by atoms with E-state index >= 15 is 0 Å². The Balaban J connectivity index is 0.000000480. The molecule has 6 aromatic rings. The molecule has 4 aromatic carbocycles. The maximum atomic E-state index is 12.2. The molecule has 2 heterocycles. The van der Waals surface area contributed by atoms with E-state index in [4.69, 9.17) is 14.2 Å². The van der Waals surface area contributed by atoms with Gasteiger partial charge in [0.25, 0.3) is 10.0 Å². The van der Waals surface area contributed by atoms with Crippen LogP contribution in [-0.4, -0.2) is 61.8 Å². The maximum absolute atomic E-state index is 12.2. The minimum atomic E-state index is -3.87. The zero-order valence-electron chi connectivity index (χ0n) is 31.8. The van der Waals surface area contributed by atoms with Crippen LogP contribution in [-0.2, 0) is 24.8 Å². The fraction of sp³-hybridized carbons (Fsp3) is 0.205. The number of amides is 1. The molecule has 3 N–H and O–H groups in total. The third-order valence-corrected chi connectivity index (χ3v) is 9.63. The number of aryl methyl sites for hydroxylation is 2. The Kier molecular flexibility index (Phi) is 20.7. The number of hydrogen-bond donors (Lipinski definition) is 2. The number of benzene rings is 4. The Morgan fingerprint density at radius 1 is 0.571 bits per heavy atom. The topological polar surface area (TPSA) is 175 Å². The van der Waals surface area contributed by atoms with Crippen LogP contribution in [0.4, 0.5) is 17.6 Å². The second kappa shape index (κ2) is 24.0. The van der Waals surface area contributed by atoms with Gasteiger partial charge in [-0.2, -0.15) is 0 Å². The molecule has 0 radical (unpaired) electrons. The lowest BCUT2D eigenvalue weighted by atomic mass is 10.00. The van der Waals surface area contributed by atoms with Gasteiger partial charge in [-0.05, 0) is 49.2 Å². The highest BCUT2D eigenvalue weighted by Crippen LogP contribution is 2.35. The van der Waals surface area contributed by atoms with Gasteiger partial charge in [-0.3, -0.25) is 22.4 Å². The Bertz CT molecular complexity index is 2270. The monoisotopic (exact) mass is 820 g/mol. The summed E-state index contributed by atoms with van der Waals surface area (Å²) in [5, 5.41) is 13.4. The van der Waals surface area contributed by atoms with Crippen molar-refractivity contribution in [2.75, 3.05) is 28.7 Å². The van der Waals surface area contributed by atoms with E-state index in [2.05, 4.69) is 10.3 Å². The van der Waals surface area contributed by atoms with Gasteiger partial charge >= 0.3 is 0 Å². The Morgan fingerprint density at radius 3 is 1.23 bits per heavy atom. The first kappa shape index (κ1) is 48.4. The van der Waals surface area contributed by atoms with E-state index in [1.165, 1.54) is 24.3 Å². The normalized spacial score (nSPS) is 10.2. The van der Waals surface area contributed by atoms with E-state index in [-0.39, 0.29) is 16.2 Å². The van der Waals surface area contributed by atoms with Gasteiger partial charge in [0.2, 0.25) is 15.9 Å². The van der Waals surface area contributed by atoms with Gasteiger partial charge in [-0.15, -0.1) is 0 Å². The molecule has 302 valence electrons. The average Bonchev–Trinajstić information content (AvgIpc) is 3.83. The summed E-state index contributed by atoms with van der Waals surface area (Å²) in [6, 6.07) is 31.9. The van der Waals surface area contributed by atoms with E-state index in [1.807, 2.05) is 72.3 Å². The number of alkyl halides is 4. The van der Waals surface area contributed by atoms with Crippen LogP contribution in [0.15, 0.2) is 128 Å². The van der Waals surface area contributed by atoms with E-state index in [9.17, 15) is 39.2 Å². The third kappa shape index (κ3) is 13.0. The minimum absolute atomic E-state index is 0.0263. The van der Waals surface area contributed by atoms with Gasteiger partial charge in [0, 0.05) is 17.5 Å². The molecule has 0 bridgehead atoms. The molecule has 1 amide bonds. The lowest BCUT2D eigenvalue weighted by molar-refractivity contribution is -0.119. The molecular weight excluding hydrogens is 777 g/mol. The second-order valence-electron chi connectivity index (χ2n) is 10.6. The highest BCUT2D eigenvalue weighted by atomic mass is 32.2. The molecule has 17 heteroatoms. The summed E-state index contributed by atoms with van der Waals surface area (Å²) in [7, 11) is -5.57. The van der Waals surface area contributed by atoms with E-state index < -0.39 is 26.0 Å². The van der Waals surface area contributed by atoms with Crippen LogP contribution in [0, 0.1) is 13.8 Å². The van der Waals surface area contributed by atoms with E-state index in [0.29, 0.717) is 45.9 Å². The van der Waals surface area contributed by atoms with Gasteiger partial charge in [-0.25, -0.2) is 26.7 Å². The lowest BCUT2D eigenvalue weighted by Crippen LogP contribution is -2.29. The second-order valence-corrected chi connectivity index (χ2v) is 13.9. The predicted molar refractivity (Wildman–Crippen MR) is 209 cm³/mol. The molecule has 0 saturated carbocycles. The van der Waals surface area contributed by atoms with Crippen LogP contribution >= 0.6 is 0 Å². The first-order valence-electron chi connectivity index (χ1n) is 16.2. The Morgan fingerprint density at radius 2 is 0.911 bits per heavy atom. The number of nitrogens with one attached hydrogen (secondary N) is 1. The summed E-state index contributed by atoms with van der Waals surface area (Å²) in [6.45, 7) is 5.22. The first-order chi connectivity index (χ1) is 26.9. The summed E-state index contributed by atoms with van der Waals surface area (Å²) >= 11 is 0. The quantitative estimate of drug-likeness (QED) is 0.142. The number of sulfonamides is 2. The SMILES string of the molecule is CCC(=O)NS(=O)(=O)c1ccc(-c2c(-c3ccccc3)noc2C)cc1.CF.CF.CF.CF.Cc1onc(-c2ccccc2)c1-c1ccc(S(N)(=O)=O)cc1. The van der Waals surface area contributed by atoms with Crippen molar-refractivity contribution in [3.05, 3.63) is 121 Å². The molecule has 0 aliphatic heterocycles. The predicted octanol–water partition coefficient (Wildman–Crippen LogP) is 8.84. The summed E-state index contributed by atoms with van der Waals surface area (Å²) in [5.41, 5.74) is 6.51. The number of hydrogen-bond acceptors (Lipinski definition) is 9. The molecule has 0 aliphatic carbocycles. The van der Waals surface area contributed by atoms with Gasteiger partial charge in [-0.1, -0.05) is 102 Å². The smallest absolute Gasteiger partial charge is 0.264 e. The van der Waals surface area contributed by atoms with Crippen LogP contribution in [0.1, 0.15) is 24.9 Å². The fourth-order valence-electron chi connectivity index (χ4n) is 4.90. The number of nitrogens with zero attached hydrogens (tertiary/aromatic N) is 2. The van der Waals surface area contributed by atoms with Crippen LogP contribution in [0.5, 0.6) is 0 Å². The van der Waals surface area contributed by atoms with Crippen LogP contribution in [0.25, 0.3) is 44.8 Å². The molecule has 0 atom stereocenters. The molecule has 0 aliphatic rings. The zero-order valence-corrected chi connectivity index (χ0v) is 33.4. The van der Waals surface area contributed by atoms with Crippen molar-refractivity contribution in [3.8, 4) is 44.8 Å². The summed E-state index contributed by atoms with van der Waals surface area (Å²) in [6.07, 6.45) is 0.0949. The Labute approximate surface area is 324 Å². The van der Waals surface area contributed by atoms with Crippen LogP contribution in [0.3, 0.4) is 0 Å². The number of carbonyl (C=O) groups is 1. The fourth-order valence-corrected chi connectivity index (χ4v) is 6.48. The van der Waals surface area contributed by atoms with E-state index in [0.717, 1.165) is 39.1 Å². The average molecular weight is 821 g/mol. The number of rotatable bonds is 8. The van der Waals surface area contributed by atoms with Crippen molar-refractivity contribution < 1.29 is 48.2 Å². The van der Waals surface area contributed by atoms with Crippen molar-refractivity contribution in [2.24, 2.45) is 5.14 Å². The molecule has 0 fully saturated rings. The maximum Gasteiger partial charge on any atom is 0.264 e. The molecule has 0 spiro atoms. The minimum Gasteiger partial charge on any atom is -0.360 e. The van der Waals surface area contributed by atoms with Crippen molar-refractivity contribution in [2.45, 2.75) is 37.0 Å². The lowest BCUT2D eigenvalue weighted by Gasteiger charge is -2.07. The molecule has 11 nitrogen and oxygen atoms in total. The largest absolute Gasteiger partial charge is 0.360 e.